The van der Waals surface area contributed by atoms with E-state index in [9.17, 15) is 18.8 Å². The Kier molecular flexibility index (Phi) is 6.51. The van der Waals surface area contributed by atoms with Crippen LogP contribution < -0.4 is 0 Å². The largest absolute Gasteiger partial charge is 0.313 e. The van der Waals surface area contributed by atoms with Crippen LogP contribution in [-0.2, 0) is 21.6 Å². The van der Waals surface area contributed by atoms with Crippen molar-refractivity contribution in [1.29, 1.82) is 0 Å². The standard InChI is InChI=1S/2C8H17NO2S/c2*1-7(2)5-12(11)6-8(3,4)9(7)10/h2*10H,5-6H2,1-4H3. The van der Waals surface area contributed by atoms with Gasteiger partial charge in [0.2, 0.25) is 0 Å². The Morgan fingerprint density at radius 1 is 0.583 bits per heavy atom. The molecule has 0 aliphatic carbocycles. The van der Waals surface area contributed by atoms with Crippen LogP contribution in [0, 0.1) is 0 Å². The predicted octanol–water partition coefficient (Wildman–Crippen LogP) is 1.99. The number of rotatable bonds is 0. The second kappa shape index (κ2) is 7.04. The summed E-state index contributed by atoms with van der Waals surface area (Å²) in [5.74, 6) is 2.19. The molecule has 2 rings (SSSR count). The summed E-state index contributed by atoms with van der Waals surface area (Å²) in [7, 11) is -1.60. The van der Waals surface area contributed by atoms with Crippen LogP contribution >= 0.6 is 0 Å². The van der Waals surface area contributed by atoms with Crippen LogP contribution in [0.5, 0.6) is 0 Å². The molecule has 0 aromatic carbocycles. The molecule has 0 unspecified atom stereocenters. The van der Waals surface area contributed by atoms with E-state index >= 15 is 0 Å². The first-order valence-corrected chi connectivity index (χ1v) is 11.2. The highest BCUT2D eigenvalue weighted by Gasteiger charge is 2.44. The lowest BCUT2D eigenvalue weighted by Gasteiger charge is -2.47. The van der Waals surface area contributed by atoms with Gasteiger partial charge in [0.1, 0.15) is 0 Å². The van der Waals surface area contributed by atoms with Crippen LogP contribution in [0.1, 0.15) is 55.4 Å². The van der Waals surface area contributed by atoms with Gasteiger partial charge >= 0.3 is 0 Å². The molecular weight excluding hydrogens is 348 g/mol. The van der Waals surface area contributed by atoms with Crippen molar-refractivity contribution in [2.24, 2.45) is 0 Å². The van der Waals surface area contributed by atoms with E-state index in [1.807, 2.05) is 55.4 Å². The number of hydrogen-bond acceptors (Lipinski definition) is 6. The van der Waals surface area contributed by atoms with E-state index in [4.69, 9.17) is 0 Å². The Hall–Kier alpha value is 0.140. The van der Waals surface area contributed by atoms with Crippen LogP contribution in [0.25, 0.3) is 0 Å². The average molecular weight is 383 g/mol. The van der Waals surface area contributed by atoms with Gasteiger partial charge in [-0.15, -0.1) is 0 Å². The fourth-order valence-corrected chi connectivity index (χ4v) is 7.41. The van der Waals surface area contributed by atoms with Gasteiger partial charge in [-0.1, -0.05) is 0 Å². The maximum atomic E-state index is 11.4. The number of hydroxylamine groups is 4. The van der Waals surface area contributed by atoms with Crippen molar-refractivity contribution in [3.8, 4) is 0 Å². The van der Waals surface area contributed by atoms with Crippen LogP contribution in [-0.4, -0.2) is 74.1 Å². The van der Waals surface area contributed by atoms with Crippen LogP contribution in [0.2, 0.25) is 0 Å². The fraction of sp³-hybridized carbons (Fsp3) is 1.00. The van der Waals surface area contributed by atoms with Gasteiger partial charge in [0.15, 0.2) is 0 Å². The third kappa shape index (κ3) is 5.08. The predicted molar refractivity (Wildman–Crippen MR) is 99.3 cm³/mol. The molecule has 2 aliphatic rings. The molecule has 2 N–H and O–H groups in total. The summed E-state index contributed by atoms with van der Waals surface area (Å²) in [5.41, 5.74) is -1.47. The van der Waals surface area contributed by atoms with E-state index in [0.29, 0.717) is 23.0 Å². The summed E-state index contributed by atoms with van der Waals surface area (Å²) >= 11 is 0. The third-order valence-corrected chi connectivity index (χ3v) is 8.46. The average Bonchev–Trinajstić information content (AvgIpc) is 2.31. The van der Waals surface area contributed by atoms with Gasteiger partial charge in [-0.3, -0.25) is 8.42 Å². The van der Waals surface area contributed by atoms with Crippen molar-refractivity contribution in [2.75, 3.05) is 23.0 Å². The Labute approximate surface area is 151 Å². The lowest BCUT2D eigenvalue weighted by molar-refractivity contribution is -0.213. The van der Waals surface area contributed by atoms with E-state index < -0.39 is 21.6 Å². The SMILES string of the molecule is CC1(C)CS(=O)CC(C)(C)N1O.CC1(C)CS(=O)CC(C)(C)N1O. The maximum Gasteiger partial charge on any atom is 0.0525 e. The van der Waals surface area contributed by atoms with Gasteiger partial charge in [0.25, 0.3) is 0 Å². The molecule has 0 bridgehead atoms. The normalized spacial score (nSPS) is 30.4. The molecule has 24 heavy (non-hydrogen) atoms. The summed E-state index contributed by atoms with van der Waals surface area (Å²) in [6.07, 6.45) is 0. The molecule has 2 aliphatic heterocycles. The minimum Gasteiger partial charge on any atom is -0.313 e. The van der Waals surface area contributed by atoms with E-state index in [1.165, 1.54) is 10.1 Å². The third-order valence-electron chi connectivity index (χ3n) is 4.35. The minimum absolute atomic E-state index is 0.368. The second-order valence-electron chi connectivity index (χ2n) is 9.33. The molecule has 0 spiro atoms. The molecule has 6 nitrogen and oxygen atoms in total. The molecule has 0 radical (unpaired) electrons. The zero-order valence-corrected chi connectivity index (χ0v) is 17.9. The molecule has 8 heteroatoms. The highest BCUT2D eigenvalue weighted by Crippen LogP contribution is 2.30. The molecule has 0 aromatic rings. The molecule has 2 fully saturated rings. The lowest BCUT2D eigenvalue weighted by atomic mass is 9.99. The Balaban J connectivity index is 0.000000240. The molecule has 0 aromatic heterocycles. The first kappa shape index (κ1) is 22.2. The zero-order chi connectivity index (χ0) is 19.1. The topological polar surface area (TPSA) is 81.1 Å². The highest BCUT2D eigenvalue weighted by molar-refractivity contribution is 7.85. The number of hydrogen-bond donors (Lipinski definition) is 2. The van der Waals surface area contributed by atoms with Crippen LogP contribution in [0.15, 0.2) is 0 Å². The van der Waals surface area contributed by atoms with Crippen molar-refractivity contribution in [1.82, 2.24) is 10.1 Å². The van der Waals surface area contributed by atoms with Crippen molar-refractivity contribution < 1.29 is 18.8 Å². The van der Waals surface area contributed by atoms with E-state index in [1.54, 1.807) is 0 Å². The molecule has 2 saturated heterocycles. The fourth-order valence-electron chi connectivity index (χ4n) is 3.56. The highest BCUT2D eigenvalue weighted by atomic mass is 32.2. The number of nitrogens with zero attached hydrogens (tertiary/aromatic N) is 2. The van der Waals surface area contributed by atoms with Crippen molar-refractivity contribution in [3.63, 3.8) is 0 Å². The molecule has 0 amide bonds. The molecular formula is C16H34N2O4S2. The first-order chi connectivity index (χ1) is 10.5. The van der Waals surface area contributed by atoms with Gasteiger partial charge in [-0.05, 0) is 55.4 Å². The summed E-state index contributed by atoms with van der Waals surface area (Å²) in [5, 5.41) is 22.2. The Bertz CT molecular complexity index is 432. The van der Waals surface area contributed by atoms with Crippen molar-refractivity contribution in [2.45, 2.75) is 77.5 Å². The van der Waals surface area contributed by atoms with Gasteiger partial charge < -0.3 is 10.4 Å². The first-order valence-electron chi connectivity index (χ1n) is 8.20. The maximum absolute atomic E-state index is 11.4. The van der Waals surface area contributed by atoms with Crippen molar-refractivity contribution >= 4 is 21.6 Å². The monoisotopic (exact) mass is 382 g/mol. The smallest absolute Gasteiger partial charge is 0.0525 e. The van der Waals surface area contributed by atoms with Gasteiger partial charge in [0.05, 0.1) is 22.2 Å². The summed E-state index contributed by atoms with van der Waals surface area (Å²) < 4.78 is 22.8. The summed E-state index contributed by atoms with van der Waals surface area (Å²) in [4.78, 5) is 0. The van der Waals surface area contributed by atoms with E-state index in [2.05, 4.69) is 0 Å². The quantitative estimate of drug-likeness (QED) is 0.667. The minimum atomic E-state index is -0.801. The van der Waals surface area contributed by atoms with Gasteiger partial charge in [0, 0.05) is 44.6 Å². The Morgan fingerprint density at radius 3 is 0.917 bits per heavy atom. The molecule has 2 heterocycles. The van der Waals surface area contributed by atoms with Crippen LogP contribution in [0.3, 0.4) is 0 Å². The zero-order valence-electron chi connectivity index (χ0n) is 16.3. The van der Waals surface area contributed by atoms with Crippen molar-refractivity contribution in [3.05, 3.63) is 0 Å². The van der Waals surface area contributed by atoms with E-state index in [0.717, 1.165) is 0 Å². The second-order valence-corrected chi connectivity index (χ2v) is 12.2. The van der Waals surface area contributed by atoms with Gasteiger partial charge in [-0.25, -0.2) is 0 Å². The lowest BCUT2D eigenvalue weighted by Crippen LogP contribution is -2.62. The summed E-state index contributed by atoms with van der Waals surface area (Å²) in [6, 6.07) is 0. The molecule has 0 atom stereocenters. The van der Waals surface area contributed by atoms with Crippen LogP contribution in [0.4, 0.5) is 0 Å². The Morgan fingerprint density at radius 2 is 0.750 bits per heavy atom. The molecule has 0 saturated carbocycles. The van der Waals surface area contributed by atoms with Gasteiger partial charge in [-0.2, -0.15) is 10.1 Å². The van der Waals surface area contributed by atoms with E-state index in [-0.39, 0.29) is 22.2 Å². The summed E-state index contributed by atoms with van der Waals surface area (Å²) in [6.45, 7) is 15.3. The molecule has 144 valence electrons.